The van der Waals surface area contributed by atoms with Gasteiger partial charge in [-0.25, -0.2) is 0 Å². The highest BCUT2D eigenvalue weighted by atomic mass is 14.9. The molecule has 0 aromatic rings. The topological polar surface area (TPSA) is 24.1 Å². The third-order valence-corrected chi connectivity index (χ3v) is 3.08. The summed E-state index contributed by atoms with van der Waals surface area (Å²) >= 11 is 0. The first-order valence-corrected chi connectivity index (χ1v) is 6.34. The maximum absolute atomic E-state index is 3.62. The molecule has 2 heteroatoms. The van der Waals surface area contributed by atoms with E-state index in [0.717, 1.165) is 24.9 Å². The standard InChI is InChI=1S/C13H30N2/c1-7-11(9-14-6)12(8-2)10-15-13(3,4)5/h11-12,14-15H,7-10H2,1-6H3. The average Bonchev–Trinajstić information content (AvgIpc) is 2.15. The van der Waals surface area contributed by atoms with Gasteiger partial charge in [-0.05, 0) is 52.7 Å². The van der Waals surface area contributed by atoms with E-state index in [0.29, 0.717) is 0 Å². The van der Waals surface area contributed by atoms with Crippen LogP contribution in [0.1, 0.15) is 47.5 Å². The third kappa shape index (κ3) is 6.91. The molecule has 0 amide bonds. The van der Waals surface area contributed by atoms with Gasteiger partial charge < -0.3 is 10.6 Å². The molecule has 15 heavy (non-hydrogen) atoms. The zero-order valence-corrected chi connectivity index (χ0v) is 11.5. The molecule has 2 N–H and O–H groups in total. The lowest BCUT2D eigenvalue weighted by Crippen LogP contribution is -2.41. The monoisotopic (exact) mass is 214 g/mol. The van der Waals surface area contributed by atoms with Crippen LogP contribution in [0.2, 0.25) is 0 Å². The highest BCUT2D eigenvalue weighted by Gasteiger charge is 2.19. The Labute approximate surface area is 96.2 Å². The fraction of sp³-hybridized carbons (Fsp3) is 1.00. The van der Waals surface area contributed by atoms with E-state index < -0.39 is 0 Å². The lowest BCUT2D eigenvalue weighted by molar-refractivity contribution is 0.267. The van der Waals surface area contributed by atoms with Crippen molar-refractivity contribution >= 4 is 0 Å². The molecule has 0 aromatic carbocycles. The zero-order chi connectivity index (χ0) is 11.9. The fourth-order valence-electron chi connectivity index (χ4n) is 1.99. The van der Waals surface area contributed by atoms with Gasteiger partial charge in [0.25, 0.3) is 0 Å². The van der Waals surface area contributed by atoms with Crippen LogP contribution in [0.25, 0.3) is 0 Å². The van der Waals surface area contributed by atoms with Gasteiger partial charge in [-0.15, -0.1) is 0 Å². The van der Waals surface area contributed by atoms with Crippen molar-refractivity contribution in [3.05, 3.63) is 0 Å². The average molecular weight is 214 g/mol. The Kier molecular flexibility index (Phi) is 7.20. The Morgan fingerprint density at radius 1 is 0.933 bits per heavy atom. The molecule has 92 valence electrons. The first-order chi connectivity index (χ1) is 6.94. The molecule has 0 radical (unpaired) electrons. The van der Waals surface area contributed by atoms with Gasteiger partial charge in [-0.2, -0.15) is 0 Å². The van der Waals surface area contributed by atoms with Crippen molar-refractivity contribution in [1.82, 2.24) is 10.6 Å². The van der Waals surface area contributed by atoms with Gasteiger partial charge >= 0.3 is 0 Å². The van der Waals surface area contributed by atoms with Crippen LogP contribution < -0.4 is 10.6 Å². The van der Waals surface area contributed by atoms with E-state index >= 15 is 0 Å². The van der Waals surface area contributed by atoms with Gasteiger partial charge in [0.15, 0.2) is 0 Å². The van der Waals surface area contributed by atoms with Gasteiger partial charge in [0, 0.05) is 5.54 Å². The molecule has 0 aliphatic carbocycles. The number of hydrogen-bond donors (Lipinski definition) is 2. The first-order valence-electron chi connectivity index (χ1n) is 6.34. The SMILES string of the molecule is CCC(CNC)C(CC)CNC(C)(C)C. The first kappa shape index (κ1) is 14.9. The Hall–Kier alpha value is -0.0800. The summed E-state index contributed by atoms with van der Waals surface area (Å²) in [6, 6.07) is 0. The number of nitrogens with one attached hydrogen (secondary N) is 2. The van der Waals surface area contributed by atoms with Gasteiger partial charge in [0.1, 0.15) is 0 Å². The van der Waals surface area contributed by atoms with Crippen LogP contribution in [0.15, 0.2) is 0 Å². The predicted octanol–water partition coefficient (Wildman–Crippen LogP) is 2.65. The summed E-state index contributed by atoms with van der Waals surface area (Å²) in [5.41, 5.74) is 0.241. The van der Waals surface area contributed by atoms with Crippen LogP contribution in [0, 0.1) is 11.8 Å². The highest BCUT2D eigenvalue weighted by Crippen LogP contribution is 2.18. The second-order valence-electron chi connectivity index (χ2n) is 5.53. The second kappa shape index (κ2) is 7.24. The van der Waals surface area contributed by atoms with E-state index in [1.165, 1.54) is 12.8 Å². The van der Waals surface area contributed by atoms with E-state index in [-0.39, 0.29) is 5.54 Å². The quantitative estimate of drug-likeness (QED) is 0.681. The minimum absolute atomic E-state index is 0.241. The smallest absolute Gasteiger partial charge is 0.00966 e. The molecule has 0 heterocycles. The molecule has 2 atom stereocenters. The molecule has 2 unspecified atom stereocenters. The molecule has 2 nitrogen and oxygen atoms in total. The summed E-state index contributed by atoms with van der Waals surface area (Å²) in [7, 11) is 2.05. The predicted molar refractivity (Wildman–Crippen MR) is 69.2 cm³/mol. The van der Waals surface area contributed by atoms with Gasteiger partial charge in [-0.1, -0.05) is 26.7 Å². The Bertz CT molecular complexity index is 149. The Morgan fingerprint density at radius 3 is 1.73 bits per heavy atom. The summed E-state index contributed by atoms with van der Waals surface area (Å²) in [5.74, 6) is 1.59. The second-order valence-corrected chi connectivity index (χ2v) is 5.53. The van der Waals surface area contributed by atoms with Gasteiger partial charge in [0.05, 0.1) is 0 Å². The van der Waals surface area contributed by atoms with Crippen LogP contribution in [0.5, 0.6) is 0 Å². The number of hydrogen-bond acceptors (Lipinski definition) is 2. The normalized spacial score (nSPS) is 16.4. The molecule has 0 spiro atoms. The summed E-state index contributed by atoms with van der Waals surface area (Å²) in [4.78, 5) is 0. The fourth-order valence-corrected chi connectivity index (χ4v) is 1.99. The molecule has 0 saturated carbocycles. The van der Waals surface area contributed by atoms with Crippen LogP contribution >= 0.6 is 0 Å². The van der Waals surface area contributed by atoms with Gasteiger partial charge in [-0.3, -0.25) is 0 Å². The Balaban J connectivity index is 4.09. The van der Waals surface area contributed by atoms with Crippen molar-refractivity contribution < 1.29 is 0 Å². The van der Waals surface area contributed by atoms with E-state index in [1.54, 1.807) is 0 Å². The van der Waals surface area contributed by atoms with Crippen molar-refractivity contribution in [2.24, 2.45) is 11.8 Å². The van der Waals surface area contributed by atoms with E-state index in [2.05, 4.69) is 45.3 Å². The van der Waals surface area contributed by atoms with Crippen LogP contribution in [0.4, 0.5) is 0 Å². The molecular formula is C13H30N2. The van der Waals surface area contributed by atoms with E-state index in [4.69, 9.17) is 0 Å². The summed E-state index contributed by atoms with van der Waals surface area (Å²) in [5, 5.41) is 6.92. The zero-order valence-electron chi connectivity index (χ0n) is 11.5. The van der Waals surface area contributed by atoms with Crippen molar-refractivity contribution in [3.8, 4) is 0 Å². The van der Waals surface area contributed by atoms with Crippen molar-refractivity contribution in [2.75, 3.05) is 20.1 Å². The maximum atomic E-state index is 3.62. The molecular weight excluding hydrogens is 184 g/mol. The molecule has 0 bridgehead atoms. The molecule has 0 rings (SSSR count). The van der Waals surface area contributed by atoms with Crippen molar-refractivity contribution in [2.45, 2.75) is 53.0 Å². The van der Waals surface area contributed by atoms with Crippen LogP contribution in [-0.4, -0.2) is 25.7 Å². The van der Waals surface area contributed by atoms with E-state index in [1.807, 2.05) is 7.05 Å². The summed E-state index contributed by atoms with van der Waals surface area (Å²) in [6.45, 7) is 13.6. The lowest BCUT2D eigenvalue weighted by atomic mass is 9.87. The van der Waals surface area contributed by atoms with Crippen molar-refractivity contribution in [1.29, 1.82) is 0 Å². The lowest BCUT2D eigenvalue weighted by Gasteiger charge is -2.29. The number of rotatable bonds is 7. The molecule has 0 aromatic heterocycles. The van der Waals surface area contributed by atoms with E-state index in [9.17, 15) is 0 Å². The van der Waals surface area contributed by atoms with Crippen LogP contribution in [-0.2, 0) is 0 Å². The third-order valence-electron chi connectivity index (χ3n) is 3.08. The summed E-state index contributed by atoms with van der Waals surface area (Å²) in [6.07, 6.45) is 2.54. The molecule has 0 aliphatic rings. The van der Waals surface area contributed by atoms with Crippen LogP contribution in [0.3, 0.4) is 0 Å². The minimum atomic E-state index is 0.241. The van der Waals surface area contributed by atoms with Crippen molar-refractivity contribution in [3.63, 3.8) is 0 Å². The minimum Gasteiger partial charge on any atom is -0.319 e. The summed E-state index contributed by atoms with van der Waals surface area (Å²) < 4.78 is 0. The highest BCUT2D eigenvalue weighted by molar-refractivity contribution is 4.77. The van der Waals surface area contributed by atoms with Gasteiger partial charge in [0.2, 0.25) is 0 Å². The molecule has 0 aliphatic heterocycles. The maximum Gasteiger partial charge on any atom is 0.00966 e. The Morgan fingerprint density at radius 2 is 1.40 bits per heavy atom. The molecule has 0 saturated heterocycles. The largest absolute Gasteiger partial charge is 0.319 e. The molecule has 0 fully saturated rings.